The van der Waals surface area contributed by atoms with Crippen LogP contribution in [-0.4, -0.2) is 16.9 Å². The summed E-state index contributed by atoms with van der Waals surface area (Å²) in [5.74, 6) is 0.258. The number of hydrogen-bond acceptors (Lipinski definition) is 6. The maximum absolute atomic E-state index is 13.1. The van der Waals surface area contributed by atoms with E-state index < -0.39 is 12.0 Å². The van der Waals surface area contributed by atoms with Crippen LogP contribution in [0.3, 0.4) is 0 Å². The van der Waals surface area contributed by atoms with Crippen LogP contribution in [0.5, 0.6) is 0 Å². The lowest BCUT2D eigenvalue weighted by molar-refractivity contribution is -0.525. The molecule has 1 amide bonds. The quantitative estimate of drug-likeness (QED) is 0.409. The molecule has 0 spiro atoms. The number of carbonyl (C=O) groups excluding carboxylic acids is 1. The second-order valence-electron chi connectivity index (χ2n) is 7.11. The number of anilines is 2. The predicted molar refractivity (Wildman–Crippen MR) is 116 cm³/mol. The van der Waals surface area contributed by atoms with Crippen LogP contribution in [0.4, 0.5) is 11.7 Å². The Morgan fingerprint density at radius 3 is 2.65 bits per heavy atom. The summed E-state index contributed by atoms with van der Waals surface area (Å²) in [4.78, 5) is 20.8. The second kappa shape index (κ2) is 7.83. The van der Waals surface area contributed by atoms with Crippen molar-refractivity contribution < 1.29 is 18.6 Å². The number of carbonyl (C=O) groups is 1. The largest absolute Gasteiger partial charge is 0.466 e. The van der Waals surface area contributed by atoms with Gasteiger partial charge in [-0.25, -0.2) is 5.32 Å². The standard InChI is InChI=1S/C23H19N5O3/c1-14-19(21(29)25-15-8-3-2-4-9-15)20(18-12-7-13-30-18)27-22(24-14)28-23-26-16-10-5-6-11-17(16)31-23/h2-13,19-20H,1H2,(H,25,29)(H2,24,26,27,28)/p+1/t19-,20+/m0/s1. The van der Waals surface area contributed by atoms with Crippen molar-refractivity contribution in [3.8, 4) is 0 Å². The van der Waals surface area contributed by atoms with Crippen LogP contribution in [0.2, 0.25) is 0 Å². The fourth-order valence-corrected chi connectivity index (χ4v) is 3.57. The Morgan fingerprint density at radius 2 is 1.87 bits per heavy atom. The van der Waals surface area contributed by atoms with Crippen LogP contribution >= 0.6 is 0 Å². The van der Waals surface area contributed by atoms with Gasteiger partial charge in [0, 0.05) is 5.69 Å². The smallest absolute Gasteiger partial charge is 0.365 e. The summed E-state index contributed by atoms with van der Waals surface area (Å²) in [6.45, 7) is 4.09. The molecule has 2 atom stereocenters. The number of rotatable bonds is 4. The molecule has 0 aliphatic carbocycles. The SMILES string of the molecule is C=C1NC(Nc2nc3ccccc3o2)=[NH+][C@H](c2ccco2)[C@H]1C(=O)Nc1ccccc1. The van der Waals surface area contributed by atoms with E-state index in [0.717, 1.165) is 5.52 Å². The van der Waals surface area contributed by atoms with Crippen LogP contribution in [-0.2, 0) is 4.79 Å². The molecule has 8 heteroatoms. The van der Waals surface area contributed by atoms with Crippen LogP contribution in [0, 0.1) is 5.92 Å². The zero-order valence-electron chi connectivity index (χ0n) is 16.5. The van der Waals surface area contributed by atoms with Gasteiger partial charge in [-0.3, -0.25) is 9.79 Å². The minimum Gasteiger partial charge on any atom is -0.466 e. The Balaban J connectivity index is 1.44. The van der Waals surface area contributed by atoms with E-state index in [0.29, 0.717) is 34.7 Å². The predicted octanol–water partition coefficient (Wildman–Crippen LogP) is 2.38. The van der Waals surface area contributed by atoms with Gasteiger partial charge >= 0.3 is 12.0 Å². The molecule has 8 nitrogen and oxygen atoms in total. The highest BCUT2D eigenvalue weighted by atomic mass is 16.4. The molecule has 154 valence electrons. The van der Waals surface area contributed by atoms with Gasteiger partial charge in [0.1, 0.15) is 17.2 Å². The molecule has 0 unspecified atom stereocenters. The average Bonchev–Trinajstić information content (AvgIpc) is 3.43. The first-order valence-electron chi connectivity index (χ1n) is 9.78. The molecule has 3 heterocycles. The van der Waals surface area contributed by atoms with E-state index in [2.05, 4.69) is 32.5 Å². The summed E-state index contributed by atoms with van der Waals surface area (Å²) in [5.41, 5.74) is 2.62. The van der Waals surface area contributed by atoms with Crippen LogP contribution in [0.15, 0.2) is 94.1 Å². The third-order valence-electron chi connectivity index (χ3n) is 4.99. The van der Waals surface area contributed by atoms with Gasteiger partial charge in [0.05, 0.1) is 12.0 Å². The Labute approximate surface area is 177 Å². The van der Waals surface area contributed by atoms with Gasteiger partial charge in [-0.1, -0.05) is 36.9 Å². The third kappa shape index (κ3) is 3.78. The van der Waals surface area contributed by atoms with Gasteiger partial charge in [-0.2, -0.15) is 10.3 Å². The number of guanidine groups is 1. The van der Waals surface area contributed by atoms with Crippen molar-refractivity contribution in [2.24, 2.45) is 5.92 Å². The zero-order chi connectivity index (χ0) is 21.2. The Bertz CT molecular complexity index is 1230. The highest BCUT2D eigenvalue weighted by molar-refractivity contribution is 5.97. The number of nitrogens with zero attached hydrogens (tertiary/aromatic N) is 1. The van der Waals surface area contributed by atoms with Crippen molar-refractivity contribution in [3.63, 3.8) is 0 Å². The van der Waals surface area contributed by atoms with Crippen LogP contribution < -0.4 is 20.9 Å². The number of fused-ring (bicyclic) bond motifs is 1. The topological polar surface area (TPSA) is 106 Å². The summed E-state index contributed by atoms with van der Waals surface area (Å²) >= 11 is 0. The summed E-state index contributed by atoms with van der Waals surface area (Å²) in [6, 6.07) is 20.2. The van der Waals surface area contributed by atoms with E-state index in [1.807, 2.05) is 60.7 Å². The van der Waals surface area contributed by atoms with E-state index in [1.165, 1.54) is 0 Å². The van der Waals surface area contributed by atoms with Gasteiger partial charge in [0.15, 0.2) is 11.6 Å². The molecule has 0 saturated heterocycles. The molecule has 31 heavy (non-hydrogen) atoms. The number of benzene rings is 2. The minimum absolute atomic E-state index is 0.210. The van der Waals surface area contributed by atoms with Crippen LogP contribution in [0.1, 0.15) is 11.8 Å². The molecular weight excluding hydrogens is 394 g/mol. The summed E-state index contributed by atoms with van der Waals surface area (Å²) in [7, 11) is 0. The van der Waals surface area contributed by atoms with Crippen molar-refractivity contribution in [2.75, 3.05) is 10.6 Å². The first-order valence-corrected chi connectivity index (χ1v) is 9.78. The molecule has 0 radical (unpaired) electrons. The lowest BCUT2D eigenvalue weighted by Gasteiger charge is -2.26. The molecule has 0 bridgehead atoms. The van der Waals surface area contributed by atoms with Crippen molar-refractivity contribution in [1.82, 2.24) is 10.3 Å². The molecule has 5 rings (SSSR count). The molecule has 0 saturated carbocycles. The van der Waals surface area contributed by atoms with Gasteiger partial charge < -0.3 is 14.2 Å². The summed E-state index contributed by atoms with van der Waals surface area (Å²) in [6.07, 6.45) is 1.57. The van der Waals surface area contributed by atoms with Crippen molar-refractivity contribution in [2.45, 2.75) is 6.04 Å². The normalized spacial score (nSPS) is 18.3. The first-order chi connectivity index (χ1) is 15.2. The molecule has 1 aliphatic rings. The van der Waals surface area contributed by atoms with E-state index >= 15 is 0 Å². The van der Waals surface area contributed by atoms with Gasteiger partial charge in [-0.05, 0) is 36.4 Å². The number of para-hydroxylation sites is 3. The Morgan fingerprint density at radius 1 is 1.06 bits per heavy atom. The first kappa shape index (κ1) is 18.7. The molecule has 2 aromatic heterocycles. The van der Waals surface area contributed by atoms with Gasteiger partial charge in [-0.15, -0.1) is 0 Å². The molecule has 4 N–H and O–H groups in total. The third-order valence-corrected chi connectivity index (χ3v) is 4.99. The number of nitrogens with one attached hydrogen (secondary N) is 4. The fraction of sp³-hybridized carbons (Fsp3) is 0.0870. The zero-order valence-corrected chi connectivity index (χ0v) is 16.5. The van der Waals surface area contributed by atoms with Crippen molar-refractivity contribution in [1.29, 1.82) is 0 Å². The molecule has 1 aliphatic heterocycles. The van der Waals surface area contributed by atoms with Gasteiger partial charge in [0.25, 0.3) is 0 Å². The number of amides is 1. The molecule has 2 aromatic carbocycles. The highest BCUT2D eigenvalue weighted by Gasteiger charge is 2.41. The van der Waals surface area contributed by atoms with Crippen LogP contribution in [0.25, 0.3) is 11.1 Å². The van der Waals surface area contributed by atoms with E-state index in [1.54, 1.807) is 12.3 Å². The van der Waals surface area contributed by atoms with Gasteiger partial charge in [0.2, 0.25) is 5.91 Å². The maximum atomic E-state index is 13.1. The Hall–Kier alpha value is -4.33. The minimum atomic E-state index is -0.625. The lowest BCUT2D eigenvalue weighted by atomic mass is 9.92. The Kier molecular flexibility index (Phi) is 4.72. The summed E-state index contributed by atoms with van der Waals surface area (Å²) < 4.78 is 11.3. The monoisotopic (exact) mass is 414 g/mol. The number of furan rings is 1. The maximum Gasteiger partial charge on any atom is 0.365 e. The fourth-order valence-electron chi connectivity index (χ4n) is 3.57. The van der Waals surface area contributed by atoms with E-state index in [-0.39, 0.29) is 5.91 Å². The van der Waals surface area contributed by atoms with E-state index in [9.17, 15) is 4.79 Å². The second-order valence-corrected chi connectivity index (χ2v) is 7.11. The number of aromatic nitrogens is 1. The molecular formula is C23H20N5O3+. The summed E-state index contributed by atoms with van der Waals surface area (Å²) in [5, 5.41) is 9.13. The lowest BCUT2D eigenvalue weighted by Crippen LogP contribution is -2.84. The highest BCUT2D eigenvalue weighted by Crippen LogP contribution is 2.26. The van der Waals surface area contributed by atoms with E-state index in [4.69, 9.17) is 8.83 Å². The number of oxazole rings is 1. The molecule has 0 fully saturated rings. The molecule has 4 aromatic rings. The average molecular weight is 414 g/mol. The number of hydrogen-bond donors (Lipinski definition) is 4. The van der Waals surface area contributed by atoms with Crippen molar-refractivity contribution >= 4 is 34.7 Å². The van der Waals surface area contributed by atoms with Crippen molar-refractivity contribution in [3.05, 3.63) is 91.0 Å².